The summed E-state index contributed by atoms with van der Waals surface area (Å²) in [7, 11) is 1.86. The third-order valence-electron chi connectivity index (χ3n) is 2.11. The second kappa shape index (κ2) is 5.65. The van der Waals surface area contributed by atoms with Crippen molar-refractivity contribution in [2.45, 2.75) is 6.42 Å². The van der Waals surface area contributed by atoms with Gasteiger partial charge in [-0.15, -0.1) is 0 Å². The summed E-state index contributed by atoms with van der Waals surface area (Å²) in [5, 5.41) is 19.0. The summed E-state index contributed by atoms with van der Waals surface area (Å²) in [5.41, 5.74) is 0.989. The lowest BCUT2D eigenvalue weighted by Crippen LogP contribution is -2.19. The molecule has 0 N–H and O–H groups in total. The van der Waals surface area contributed by atoms with Crippen LogP contribution in [0.25, 0.3) is 0 Å². The number of anilines is 1. The van der Waals surface area contributed by atoms with Crippen LogP contribution in [0.4, 0.5) is 11.4 Å². The van der Waals surface area contributed by atoms with E-state index in [1.54, 1.807) is 6.07 Å². The summed E-state index contributed by atoms with van der Waals surface area (Å²) in [6.45, 7) is 0.615. The van der Waals surface area contributed by atoms with Crippen LogP contribution < -0.4 is 4.90 Å². The van der Waals surface area contributed by atoms with Gasteiger partial charge in [-0.05, 0) is 28.7 Å². The summed E-state index contributed by atoms with van der Waals surface area (Å²) >= 11 is 2.06. The Balaban J connectivity index is 2.91. The smallest absolute Gasteiger partial charge is 0.270 e. The third kappa shape index (κ3) is 3.06. The lowest BCUT2D eigenvalue weighted by Gasteiger charge is -2.18. The molecule has 0 bridgehead atoms. The lowest BCUT2D eigenvalue weighted by molar-refractivity contribution is -0.384. The van der Waals surface area contributed by atoms with E-state index in [0.29, 0.717) is 13.0 Å². The van der Waals surface area contributed by atoms with Crippen molar-refractivity contribution in [2.24, 2.45) is 0 Å². The number of hydrogen-bond donors (Lipinski definition) is 0. The number of nitrogens with zero attached hydrogens (tertiary/aromatic N) is 3. The highest BCUT2D eigenvalue weighted by Crippen LogP contribution is 2.26. The van der Waals surface area contributed by atoms with Crippen LogP contribution >= 0.6 is 22.6 Å². The molecule has 0 unspecified atom stereocenters. The van der Waals surface area contributed by atoms with Crippen LogP contribution in [0, 0.1) is 25.0 Å². The van der Waals surface area contributed by atoms with Gasteiger partial charge in [-0.25, -0.2) is 0 Å². The average Bonchev–Trinajstić information content (AvgIpc) is 2.25. The summed E-state index contributed by atoms with van der Waals surface area (Å²) in [5.74, 6) is 0. The van der Waals surface area contributed by atoms with Crippen LogP contribution in [0.5, 0.6) is 0 Å². The number of rotatable bonds is 4. The fourth-order valence-electron chi connectivity index (χ4n) is 1.26. The number of nitro groups is 1. The Morgan fingerprint density at radius 1 is 1.62 bits per heavy atom. The zero-order chi connectivity index (χ0) is 12.1. The molecule has 1 aromatic rings. The molecular weight excluding hydrogens is 321 g/mol. The molecule has 0 saturated heterocycles. The maximum atomic E-state index is 10.6. The van der Waals surface area contributed by atoms with Gasteiger partial charge in [0.25, 0.3) is 5.69 Å². The Bertz CT molecular complexity index is 442. The first-order valence-electron chi connectivity index (χ1n) is 4.58. The van der Waals surface area contributed by atoms with Gasteiger partial charge in [-0.1, -0.05) is 0 Å². The van der Waals surface area contributed by atoms with Crippen molar-refractivity contribution in [2.75, 3.05) is 18.5 Å². The number of nitriles is 1. The molecule has 0 saturated carbocycles. The van der Waals surface area contributed by atoms with Crippen LogP contribution in [0.2, 0.25) is 0 Å². The van der Waals surface area contributed by atoms with E-state index in [0.717, 1.165) is 9.26 Å². The van der Waals surface area contributed by atoms with Gasteiger partial charge in [0, 0.05) is 29.3 Å². The number of halogens is 1. The van der Waals surface area contributed by atoms with Crippen molar-refractivity contribution in [3.05, 3.63) is 31.9 Å². The molecule has 0 aliphatic carbocycles. The fraction of sp³-hybridized carbons (Fsp3) is 0.300. The molecule has 84 valence electrons. The van der Waals surface area contributed by atoms with Crippen molar-refractivity contribution in [3.63, 3.8) is 0 Å². The highest BCUT2D eigenvalue weighted by molar-refractivity contribution is 14.1. The van der Waals surface area contributed by atoms with Gasteiger partial charge in [0.15, 0.2) is 0 Å². The van der Waals surface area contributed by atoms with E-state index in [1.165, 1.54) is 12.1 Å². The van der Waals surface area contributed by atoms with Crippen LogP contribution in [0.15, 0.2) is 18.2 Å². The standard InChI is InChI=1S/C10H10IN3O2/c1-13(6-2-5-12)10-4-3-8(14(15)16)7-9(10)11/h3-4,7H,2,6H2,1H3. The minimum Gasteiger partial charge on any atom is -0.373 e. The number of non-ortho nitro benzene ring substituents is 1. The highest BCUT2D eigenvalue weighted by atomic mass is 127. The summed E-state index contributed by atoms with van der Waals surface area (Å²) < 4.78 is 0.812. The number of benzene rings is 1. The van der Waals surface area contributed by atoms with E-state index in [1.807, 2.05) is 11.9 Å². The normalized spacial score (nSPS) is 9.56. The average molecular weight is 331 g/mol. The molecule has 6 heteroatoms. The summed E-state index contributed by atoms with van der Waals surface area (Å²) in [6, 6.07) is 6.77. The van der Waals surface area contributed by atoms with E-state index in [-0.39, 0.29) is 5.69 Å². The highest BCUT2D eigenvalue weighted by Gasteiger charge is 2.11. The molecule has 1 aromatic carbocycles. The molecule has 0 amide bonds. The van der Waals surface area contributed by atoms with Gasteiger partial charge in [0.05, 0.1) is 23.1 Å². The topological polar surface area (TPSA) is 70.2 Å². The van der Waals surface area contributed by atoms with Crippen LogP contribution in [-0.4, -0.2) is 18.5 Å². The van der Waals surface area contributed by atoms with Crippen molar-refractivity contribution < 1.29 is 4.92 Å². The molecule has 0 fully saturated rings. The van der Waals surface area contributed by atoms with Gasteiger partial charge in [-0.2, -0.15) is 5.26 Å². The van der Waals surface area contributed by atoms with Gasteiger partial charge in [-0.3, -0.25) is 10.1 Å². The molecule has 0 aliphatic heterocycles. The molecule has 0 aromatic heterocycles. The zero-order valence-corrected chi connectivity index (χ0v) is 10.8. The van der Waals surface area contributed by atoms with E-state index in [9.17, 15) is 10.1 Å². The fourth-order valence-corrected chi connectivity index (χ4v) is 2.17. The Labute approximate surface area is 107 Å². The van der Waals surface area contributed by atoms with Crippen molar-refractivity contribution in [3.8, 4) is 6.07 Å². The van der Waals surface area contributed by atoms with Crippen molar-refractivity contribution in [1.82, 2.24) is 0 Å². The second-order valence-corrected chi connectivity index (χ2v) is 4.38. The summed E-state index contributed by atoms with van der Waals surface area (Å²) in [4.78, 5) is 12.0. The van der Waals surface area contributed by atoms with Crippen LogP contribution in [0.3, 0.4) is 0 Å². The molecule has 0 spiro atoms. The molecule has 0 heterocycles. The van der Waals surface area contributed by atoms with Crippen molar-refractivity contribution in [1.29, 1.82) is 5.26 Å². The summed E-state index contributed by atoms with van der Waals surface area (Å²) in [6.07, 6.45) is 0.434. The first-order chi connectivity index (χ1) is 7.56. The molecule has 1 rings (SSSR count). The van der Waals surface area contributed by atoms with Gasteiger partial charge < -0.3 is 4.90 Å². The van der Waals surface area contributed by atoms with Gasteiger partial charge >= 0.3 is 0 Å². The largest absolute Gasteiger partial charge is 0.373 e. The lowest BCUT2D eigenvalue weighted by atomic mass is 10.2. The van der Waals surface area contributed by atoms with Crippen LogP contribution in [0.1, 0.15) is 6.42 Å². The number of nitro benzene ring substituents is 1. The second-order valence-electron chi connectivity index (χ2n) is 3.22. The SMILES string of the molecule is CN(CCC#N)c1ccc([N+](=O)[O-])cc1I. The molecule has 16 heavy (non-hydrogen) atoms. The predicted molar refractivity (Wildman–Crippen MR) is 69.3 cm³/mol. The Morgan fingerprint density at radius 2 is 2.31 bits per heavy atom. The first kappa shape index (κ1) is 12.7. The zero-order valence-electron chi connectivity index (χ0n) is 8.68. The third-order valence-corrected chi connectivity index (χ3v) is 2.98. The maximum Gasteiger partial charge on any atom is 0.270 e. The molecule has 0 radical (unpaired) electrons. The minimum absolute atomic E-state index is 0.0850. The van der Waals surface area contributed by atoms with E-state index in [2.05, 4.69) is 28.7 Å². The maximum absolute atomic E-state index is 10.6. The van der Waals surface area contributed by atoms with Crippen molar-refractivity contribution >= 4 is 34.0 Å². The van der Waals surface area contributed by atoms with E-state index >= 15 is 0 Å². The Morgan fingerprint density at radius 3 is 2.81 bits per heavy atom. The van der Waals surface area contributed by atoms with Gasteiger partial charge in [0.2, 0.25) is 0 Å². The monoisotopic (exact) mass is 331 g/mol. The molecule has 0 aliphatic rings. The van der Waals surface area contributed by atoms with E-state index in [4.69, 9.17) is 5.26 Å². The van der Waals surface area contributed by atoms with Gasteiger partial charge in [0.1, 0.15) is 0 Å². The molecule has 5 nitrogen and oxygen atoms in total. The Kier molecular flexibility index (Phi) is 4.49. The molecule has 0 atom stereocenters. The number of hydrogen-bond acceptors (Lipinski definition) is 4. The van der Waals surface area contributed by atoms with Crippen LogP contribution in [-0.2, 0) is 0 Å². The quantitative estimate of drug-likeness (QED) is 0.483. The van der Waals surface area contributed by atoms with E-state index < -0.39 is 4.92 Å². The minimum atomic E-state index is -0.415. The molecular formula is C10H10IN3O2. The first-order valence-corrected chi connectivity index (χ1v) is 5.66. The Hall–Kier alpha value is -1.36. The predicted octanol–water partition coefficient (Wildman–Crippen LogP) is 2.55.